The Morgan fingerprint density at radius 2 is 1.78 bits per heavy atom. The van der Waals surface area contributed by atoms with Crippen molar-refractivity contribution in [3.05, 3.63) is 94.8 Å². The fourth-order valence-corrected chi connectivity index (χ4v) is 3.68. The van der Waals surface area contributed by atoms with E-state index in [1.807, 2.05) is 60.0 Å². The van der Waals surface area contributed by atoms with Gasteiger partial charge in [-0.3, -0.25) is 9.59 Å². The SMILES string of the molecule is Cc1cccc(NC(=O)Cn2c(CCNC(=O)c3ccc(Cl)cc3)nc3ccccc32)c1. The summed E-state index contributed by atoms with van der Waals surface area (Å²) in [6.07, 6.45) is 0.492. The highest BCUT2D eigenvalue weighted by Crippen LogP contribution is 2.17. The molecule has 0 aliphatic carbocycles. The first-order valence-electron chi connectivity index (χ1n) is 10.3. The number of carbonyl (C=O) groups is 2. The van der Waals surface area contributed by atoms with Crippen molar-refractivity contribution in [1.82, 2.24) is 14.9 Å². The topological polar surface area (TPSA) is 76.0 Å². The number of imidazole rings is 1. The van der Waals surface area contributed by atoms with E-state index in [1.54, 1.807) is 24.3 Å². The van der Waals surface area contributed by atoms with Crippen LogP contribution in [0.15, 0.2) is 72.8 Å². The van der Waals surface area contributed by atoms with Gasteiger partial charge in [-0.2, -0.15) is 0 Å². The summed E-state index contributed by atoms with van der Waals surface area (Å²) in [7, 11) is 0. The number of fused-ring (bicyclic) bond motifs is 1. The van der Waals surface area contributed by atoms with Crippen molar-refractivity contribution in [3.63, 3.8) is 0 Å². The lowest BCUT2D eigenvalue weighted by Crippen LogP contribution is -2.27. The van der Waals surface area contributed by atoms with Crippen LogP contribution in [-0.2, 0) is 17.8 Å². The number of para-hydroxylation sites is 2. The standard InChI is InChI=1S/C25H23ClN4O2/c1-17-5-4-6-20(15-17)28-24(31)16-30-22-8-3-2-7-21(22)29-23(30)13-14-27-25(32)18-9-11-19(26)12-10-18/h2-12,15H,13-14,16H2,1H3,(H,27,32)(H,28,31). The van der Waals surface area contributed by atoms with Crippen molar-refractivity contribution in [1.29, 1.82) is 0 Å². The fraction of sp³-hybridized carbons (Fsp3) is 0.160. The second kappa shape index (κ2) is 9.66. The van der Waals surface area contributed by atoms with Gasteiger partial charge in [-0.25, -0.2) is 4.98 Å². The molecule has 1 aromatic heterocycles. The Bertz CT molecular complexity index is 1260. The molecule has 0 fully saturated rings. The first kappa shape index (κ1) is 21.6. The van der Waals surface area contributed by atoms with Crippen molar-refractivity contribution in [2.24, 2.45) is 0 Å². The minimum Gasteiger partial charge on any atom is -0.352 e. The molecule has 0 atom stereocenters. The summed E-state index contributed by atoms with van der Waals surface area (Å²) in [6, 6.07) is 22.1. The minimum atomic E-state index is -0.179. The van der Waals surface area contributed by atoms with E-state index in [4.69, 9.17) is 11.6 Å². The second-order valence-corrected chi connectivity index (χ2v) is 7.97. The number of hydrogen-bond donors (Lipinski definition) is 2. The molecule has 2 N–H and O–H groups in total. The Labute approximate surface area is 191 Å². The lowest BCUT2D eigenvalue weighted by atomic mass is 10.2. The van der Waals surface area contributed by atoms with Gasteiger partial charge in [0.1, 0.15) is 12.4 Å². The quantitative estimate of drug-likeness (QED) is 0.435. The van der Waals surface area contributed by atoms with E-state index in [0.29, 0.717) is 23.6 Å². The molecule has 1 heterocycles. The molecular formula is C25H23ClN4O2. The predicted octanol–water partition coefficient (Wildman–Crippen LogP) is 4.61. The van der Waals surface area contributed by atoms with Crippen molar-refractivity contribution in [3.8, 4) is 0 Å². The molecule has 0 aliphatic rings. The Balaban J connectivity index is 1.46. The normalized spacial score (nSPS) is 10.8. The van der Waals surface area contributed by atoms with Gasteiger partial charge in [0.05, 0.1) is 11.0 Å². The molecule has 0 unspecified atom stereocenters. The van der Waals surface area contributed by atoms with Gasteiger partial charge in [0.2, 0.25) is 5.91 Å². The number of nitrogens with zero attached hydrogens (tertiary/aromatic N) is 2. The van der Waals surface area contributed by atoms with Crippen LogP contribution in [-0.4, -0.2) is 27.9 Å². The average Bonchev–Trinajstić information content (AvgIpc) is 3.11. The minimum absolute atomic E-state index is 0.134. The largest absolute Gasteiger partial charge is 0.352 e. The highest BCUT2D eigenvalue weighted by molar-refractivity contribution is 6.30. The number of hydrogen-bond acceptors (Lipinski definition) is 3. The molecule has 0 aliphatic heterocycles. The van der Waals surface area contributed by atoms with Gasteiger partial charge in [-0.15, -0.1) is 0 Å². The van der Waals surface area contributed by atoms with Gasteiger partial charge in [0.15, 0.2) is 0 Å². The van der Waals surface area contributed by atoms with Gasteiger partial charge in [0, 0.05) is 29.2 Å². The van der Waals surface area contributed by atoms with Gasteiger partial charge in [0.25, 0.3) is 5.91 Å². The van der Waals surface area contributed by atoms with Crippen LogP contribution < -0.4 is 10.6 Å². The zero-order chi connectivity index (χ0) is 22.5. The summed E-state index contributed by atoms with van der Waals surface area (Å²) in [4.78, 5) is 29.8. The third-order valence-electron chi connectivity index (χ3n) is 5.08. The van der Waals surface area contributed by atoms with E-state index < -0.39 is 0 Å². The van der Waals surface area contributed by atoms with Crippen LogP contribution in [0.3, 0.4) is 0 Å². The van der Waals surface area contributed by atoms with Crippen molar-refractivity contribution in [2.75, 3.05) is 11.9 Å². The molecule has 2 amide bonds. The molecule has 7 heteroatoms. The maximum Gasteiger partial charge on any atom is 0.251 e. The molecular weight excluding hydrogens is 424 g/mol. The number of halogens is 1. The summed E-state index contributed by atoms with van der Waals surface area (Å²) in [5.74, 6) is 0.425. The van der Waals surface area contributed by atoms with Crippen LogP contribution >= 0.6 is 11.6 Å². The number of rotatable bonds is 7. The fourth-order valence-electron chi connectivity index (χ4n) is 3.55. The number of nitrogens with one attached hydrogen (secondary N) is 2. The summed E-state index contributed by atoms with van der Waals surface area (Å²) >= 11 is 5.88. The third-order valence-corrected chi connectivity index (χ3v) is 5.33. The monoisotopic (exact) mass is 446 g/mol. The number of aromatic nitrogens is 2. The third kappa shape index (κ3) is 5.15. The van der Waals surface area contributed by atoms with Crippen LogP contribution in [0.1, 0.15) is 21.7 Å². The molecule has 0 saturated carbocycles. The maximum absolute atomic E-state index is 12.7. The average molecular weight is 447 g/mol. The Hall–Kier alpha value is -3.64. The van der Waals surface area contributed by atoms with E-state index >= 15 is 0 Å². The number of carbonyl (C=O) groups excluding carboxylic acids is 2. The summed E-state index contributed by atoms with van der Waals surface area (Å²) in [6.45, 7) is 2.51. The van der Waals surface area contributed by atoms with Crippen LogP contribution in [0.25, 0.3) is 11.0 Å². The second-order valence-electron chi connectivity index (χ2n) is 7.53. The maximum atomic E-state index is 12.7. The Kier molecular flexibility index (Phi) is 6.52. The zero-order valence-corrected chi connectivity index (χ0v) is 18.4. The van der Waals surface area contributed by atoms with Crippen LogP contribution in [0, 0.1) is 6.92 Å². The molecule has 4 rings (SSSR count). The number of anilines is 1. The van der Waals surface area contributed by atoms with E-state index in [-0.39, 0.29) is 18.4 Å². The number of aryl methyl sites for hydroxylation is 1. The highest BCUT2D eigenvalue weighted by Gasteiger charge is 2.14. The molecule has 0 bridgehead atoms. The molecule has 4 aromatic rings. The Morgan fingerprint density at radius 1 is 1.00 bits per heavy atom. The molecule has 3 aromatic carbocycles. The lowest BCUT2D eigenvalue weighted by Gasteiger charge is -2.11. The number of amides is 2. The zero-order valence-electron chi connectivity index (χ0n) is 17.6. The van der Waals surface area contributed by atoms with Gasteiger partial charge < -0.3 is 15.2 Å². The van der Waals surface area contributed by atoms with Gasteiger partial charge in [-0.05, 0) is 61.0 Å². The summed E-state index contributed by atoms with van der Waals surface area (Å²) in [5.41, 5.74) is 4.07. The van der Waals surface area contributed by atoms with E-state index in [1.165, 1.54) is 0 Å². The van der Waals surface area contributed by atoms with Gasteiger partial charge >= 0.3 is 0 Å². The first-order chi connectivity index (χ1) is 15.5. The molecule has 0 radical (unpaired) electrons. The number of benzene rings is 3. The van der Waals surface area contributed by atoms with Crippen molar-refractivity contribution in [2.45, 2.75) is 19.9 Å². The van der Waals surface area contributed by atoms with Crippen molar-refractivity contribution < 1.29 is 9.59 Å². The first-order valence-corrected chi connectivity index (χ1v) is 10.7. The van der Waals surface area contributed by atoms with E-state index in [9.17, 15) is 9.59 Å². The van der Waals surface area contributed by atoms with Crippen LogP contribution in [0.4, 0.5) is 5.69 Å². The van der Waals surface area contributed by atoms with E-state index in [2.05, 4.69) is 15.6 Å². The molecule has 162 valence electrons. The highest BCUT2D eigenvalue weighted by atomic mass is 35.5. The smallest absolute Gasteiger partial charge is 0.251 e. The van der Waals surface area contributed by atoms with Crippen molar-refractivity contribution >= 4 is 40.1 Å². The molecule has 6 nitrogen and oxygen atoms in total. The van der Waals surface area contributed by atoms with Crippen LogP contribution in [0.5, 0.6) is 0 Å². The molecule has 0 saturated heterocycles. The van der Waals surface area contributed by atoms with Crippen LogP contribution in [0.2, 0.25) is 5.02 Å². The predicted molar refractivity (Wildman–Crippen MR) is 127 cm³/mol. The molecule has 0 spiro atoms. The summed E-state index contributed by atoms with van der Waals surface area (Å²) < 4.78 is 1.90. The van der Waals surface area contributed by atoms with E-state index in [0.717, 1.165) is 28.1 Å². The molecule has 32 heavy (non-hydrogen) atoms. The van der Waals surface area contributed by atoms with Gasteiger partial charge in [-0.1, -0.05) is 35.9 Å². The lowest BCUT2D eigenvalue weighted by molar-refractivity contribution is -0.116. The Morgan fingerprint density at radius 3 is 2.56 bits per heavy atom. The summed E-state index contributed by atoms with van der Waals surface area (Å²) in [5, 5.41) is 6.43.